The number of aromatic nitrogens is 4. The van der Waals surface area contributed by atoms with E-state index in [0.29, 0.717) is 34.4 Å². The predicted molar refractivity (Wildman–Crippen MR) is 158 cm³/mol. The number of hydrogen-bond donors (Lipinski definition) is 0. The van der Waals surface area contributed by atoms with Gasteiger partial charge in [-0.05, 0) is 36.8 Å². The Hall–Kier alpha value is -5.31. The highest BCUT2D eigenvalue weighted by atomic mass is 19.1. The Bertz CT molecular complexity index is 1960. The van der Waals surface area contributed by atoms with Gasteiger partial charge < -0.3 is 14.2 Å². The van der Waals surface area contributed by atoms with Crippen LogP contribution in [0, 0.1) is 12.7 Å². The summed E-state index contributed by atoms with van der Waals surface area (Å²) >= 11 is 0. The second-order valence-corrected chi connectivity index (χ2v) is 10.3. The van der Waals surface area contributed by atoms with Crippen molar-refractivity contribution >= 4 is 33.8 Å². The van der Waals surface area contributed by atoms with Gasteiger partial charge in [0.15, 0.2) is 5.78 Å². The first-order valence-corrected chi connectivity index (χ1v) is 13.4. The number of carbonyl (C=O) groups excluding carboxylic acids is 2. The second-order valence-electron chi connectivity index (χ2n) is 10.3. The number of hydrogen-bond acceptors (Lipinski definition) is 5. The zero-order valence-electron chi connectivity index (χ0n) is 23.4. The van der Waals surface area contributed by atoms with Crippen molar-refractivity contribution in [2.24, 2.45) is 0 Å². The van der Waals surface area contributed by atoms with Gasteiger partial charge in [-0.15, -0.1) is 0 Å². The maximum absolute atomic E-state index is 15.4. The Balaban J connectivity index is 1.32. The number of nitrogens with zero attached hydrogens (tertiary/aromatic N) is 5. The molecule has 1 amide bonds. The van der Waals surface area contributed by atoms with Gasteiger partial charge in [0, 0.05) is 54.6 Å². The summed E-state index contributed by atoms with van der Waals surface area (Å²) in [5.41, 5.74) is 4.03. The summed E-state index contributed by atoms with van der Waals surface area (Å²) in [4.78, 5) is 36.8. The van der Waals surface area contributed by atoms with Gasteiger partial charge in [0.05, 0.1) is 23.8 Å². The van der Waals surface area contributed by atoms with Gasteiger partial charge in [0.2, 0.25) is 0 Å². The van der Waals surface area contributed by atoms with Crippen LogP contribution in [0.1, 0.15) is 32.9 Å². The molecule has 0 fully saturated rings. The third-order valence-electron chi connectivity index (χ3n) is 7.24. The van der Waals surface area contributed by atoms with Crippen LogP contribution in [0.4, 0.5) is 9.18 Å². The average molecular weight is 562 g/mol. The van der Waals surface area contributed by atoms with Crippen molar-refractivity contribution in [1.82, 2.24) is 24.0 Å². The lowest BCUT2D eigenvalue weighted by Gasteiger charge is -2.12. The fourth-order valence-corrected chi connectivity index (χ4v) is 5.04. The third-order valence-corrected chi connectivity index (χ3v) is 7.24. The average Bonchev–Trinajstić information content (AvgIpc) is 3.53. The highest BCUT2D eigenvalue weighted by molar-refractivity contribution is 6.17. The first kappa shape index (κ1) is 26.9. The number of imidazole rings is 1. The summed E-state index contributed by atoms with van der Waals surface area (Å²) in [5.74, 6) is 0.415. The van der Waals surface area contributed by atoms with Crippen molar-refractivity contribution in [1.29, 1.82) is 0 Å². The van der Waals surface area contributed by atoms with E-state index in [1.807, 2.05) is 47.9 Å². The molecule has 6 rings (SSSR count). The summed E-state index contributed by atoms with van der Waals surface area (Å²) in [5, 5.41) is 0.570. The molecule has 0 unspecified atom stereocenters. The number of pyridine rings is 1. The van der Waals surface area contributed by atoms with Crippen molar-refractivity contribution in [3.8, 4) is 5.75 Å². The van der Waals surface area contributed by atoms with Crippen LogP contribution in [0.3, 0.4) is 0 Å². The number of fused-ring (bicyclic) bond motifs is 2. The Labute approximate surface area is 241 Å². The zero-order valence-corrected chi connectivity index (χ0v) is 23.4. The molecule has 0 aliphatic carbocycles. The molecule has 6 aromatic rings. The second kappa shape index (κ2) is 10.9. The molecule has 9 heteroatoms. The van der Waals surface area contributed by atoms with E-state index in [1.54, 1.807) is 56.8 Å². The molecule has 3 aromatic carbocycles. The minimum atomic E-state index is -0.499. The van der Waals surface area contributed by atoms with Crippen molar-refractivity contribution < 1.29 is 18.7 Å². The van der Waals surface area contributed by atoms with Crippen LogP contribution in [-0.2, 0) is 13.2 Å². The Morgan fingerprint density at radius 2 is 1.79 bits per heavy atom. The summed E-state index contributed by atoms with van der Waals surface area (Å²) in [6.07, 6.45) is 4.86. The molecule has 0 aliphatic rings. The number of ether oxygens (including phenoxy) is 1. The lowest BCUT2D eigenvalue weighted by molar-refractivity contribution is 0.103. The predicted octanol–water partition coefficient (Wildman–Crippen LogP) is 6.22. The molecule has 0 radical (unpaired) electrons. The van der Waals surface area contributed by atoms with Crippen molar-refractivity contribution in [3.05, 3.63) is 125 Å². The lowest BCUT2D eigenvalue weighted by atomic mass is 10.0. The minimum Gasteiger partial charge on any atom is -0.489 e. The van der Waals surface area contributed by atoms with Crippen LogP contribution in [0.2, 0.25) is 0 Å². The number of amides is 1. The van der Waals surface area contributed by atoms with Gasteiger partial charge in [-0.1, -0.05) is 42.5 Å². The number of rotatable bonds is 7. The molecule has 0 aliphatic heterocycles. The molecule has 3 heterocycles. The number of ketones is 1. The Kier molecular flexibility index (Phi) is 7.00. The van der Waals surface area contributed by atoms with Crippen molar-refractivity contribution in [2.75, 3.05) is 14.1 Å². The van der Waals surface area contributed by atoms with E-state index < -0.39 is 5.82 Å². The van der Waals surface area contributed by atoms with E-state index >= 15 is 4.39 Å². The van der Waals surface area contributed by atoms with Crippen LogP contribution >= 0.6 is 0 Å². The molecule has 42 heavy (non-hydrogen) atoms. The molecular formula is C33H28FN5O3. The van der Waals surface area contributed by atoms with Crippen molar-refractivity contribution in [2.45, 2.75) is 20.1 Å². The first-order valence-electron chi connectivity index (χ1n) is 13.4. The maximum Gasteiger partial charge on any atom is 0.328 e. The van der Waals surface area contributed by atoms with Gasteiger partial charge in [-0.3, -0.25) is 14.3 Å². The van der Waals surface area contributed by atoms with Crippen LogP contribution in [0.25, 0.3) is 21.9 Å². The maximum atomic E-state index is 15.4. The van der Waals surface area contributed by atoms with Gasteiger partial charge >= 0.3 is 6.03 Å². The fourth-order valence-electron chi connectivity index (χ4n) is 5.04. The topological polar surface area (TPSA) is 82.2 Å². The molecule has 0 bridgehead atoms. The quantitative estimate of drug-likeness (QED) is 0.216. The zero-order chi connectivity index (χ0) is 29.4. The van der Waals surface area contributed by atoms with Gasteiger partial charge in [-0.2, -0.15) is 0 Å². The summed E-state index contributed by atoms with van der Waals surface area (Å²) in [6.45, 7) is 2.48. The molecule has 0 saturated heterocycles. The molecule has 0 N–H and O–H groups in total. The molecule has 0 saturated carbocycles. The summed E-state index contributed by atoms with van der Waals surface area (Å²) in [7, 11) is 3.28. The number of aryl methyl sites for hydroxylation is 1. The molecule has 0 spiro atoms. The van der Waals surface area contributed by atoms with E-state index in [2.05, 4.69) is 9.97 Å². The largest absolute Gasteiger partial charge is 0.489 e. The smallest absolute Gasteiger partial charge is 0.328 e. The van der Waals surface area contributed by atoms with Crippen LogP contribution in [0.15, 0.2) is 91.4 Å². The molecular weight excluding hydrogens is 533 g/mol. The SMILES string of the molecule is Cc1nc2cnccc2n1Cc1ccc(C(=O)c2cn(C(=O)N(C)C)c3cc(OCc4ccccc4)ccc23)cc1F. The van der Waals surface area contributed by atoms with Gasteiger partial charge in [0.1, 0.15) is 29.5 Å². The van der Waals surface area contributed by atoms with Crippen LogP contribution in [0.5, 0.6) is 5.75 Å². The molecule has 210 valence electrons. The first-order chi connectivity index (χ1) is 20.3. The van der Waals surface area contributed by atoms with Crippen molar-refractivity contribution in [3.63, 3.8) is 0 Å². The van der Waals surface area contributed by atoms with E-state index in [-0.39, 0.29) is 23.9 Å². The Morgan fingerprint density at radius 1 is 0.976 bits per heavy atom. The Morgan fingerprint density at radius 3 is 2.55 bits per heavy atom. The van der Waals surface area contributed by atoms with Gasteiger partial charge in [-0.25, -0.2) is 14.2 Å². The number of halogens is 1. The number of carbonyl (C=O) groups is 2. The molecule has 3 aromatic heterocycles. The van der Waals surface area contributed by atoms with E-state index in [1.165, 1.54) is 21.7 Å². The molecule has 0 atom stereocenters. The van der Waals surface area contributed by atoms with E-state index in [0.717, 1.165) is 22.4 Å². The molecule has 8 nitrogen and oxygen atoms in total. The standard InChI is InChI=1S/C33H28FN5O3/c1-21-36-29-17-35-14-13-30(29)38(21)18-24-10-9-23(15-28(24)34)32(40)27-19-39(33(41)37(2)3)31-16-25(11-12-26(27)31)42-20-22-7-5-4-6-8-22/h4-17,19H,18,20H2,1-3H3. The lowest BCUT2D eigenvalue weighted by Crippen LogP contribution is -2.26. The summed E-state index contributed by atoms with van der Waals surface area (Å²) < 4.78 is 24.7. The third kappa shape index (κ3) is 5.01. The highest BCUT2D eigenvalue weighted by Gasteiger charge is 2.22. The van der Waals surface area contributed by atoms with Crippen LogP contribution in [-0.4, -0.2) is 49.9 Å². The fraction of sp³-hybridized carbons (Fsp3) is 0.152. The van der Waals surface area contributed by atoms with Crippen LogP contribution < -0.4 is 4.74 Å². The van der Waals surface area contributed by atoms with E-state index in [4.69, 9.17) is 4.74 Å². The van der Waals surface area contributed by atoms with E-state index in [9.17, 15) is 9.59 Å². The normalized spacial score (nSPS) is 11.2. The summed E-state index contributed by atoms with van der Waals surface area (Å²) in [6, 6.07) is 21.0. The monoisotopic (exact) mass is 561 g/mol. The highest BCUT2D eigenvalue weighted by Crippen LogP contribution is 2.29. The number of benzene rings is 3. The minimum absolute atomic E-state index is 0.188. The van der Waals surface area contributed by atoms with Gasteiger partial charge in [0.25, 0.3) is 0 Å².